The number of benzene rings is 1. The molecule has 0 saturated heterocycles. The van der Waals surface area contributed by atoms with E-state index < -0.39 is 0 Å². The Morgan fingerprint density at radius 3 is 3.07 bits per heavy atom. The van der Waals surface area contributed by atoms with Crippen LogP contribution in [-0.4, -0.2) is 11.8 Å². The van der Waals surface area contributed by atoms with Crippen LogP contribution in [0.4, 0.5) is 0 Å². The van der Waals surface area contributed by atoms with Crippen molar-refractivity contribution in [3.05, 3.63) is 22.3 Å². The molecule has 0 spiro atoms. The average Bonchev–Trinajstić information content (AvgIpc) is 2.83. The highest BCUT2D eigenvalue weighted by Crippen LogP contribution is 2.43. The standard InChI is InChI=1S/C10H9BrN2O2/c11-9-6-1-5(3-12)13-7(6)2-8-10(9)15-4-14-8/h1-2,13H,3-4,12H2. The molecule has 0 amide bonds. The third-order valence-electron chi connectivity index (χ3n) is 2.48. The SMILES string of the molecule is NCc1cc2c(Br)c3c(cc2[nH]1)OCO3. The van der Waals surface area contributed by atoms with Crippen molar-refractivity contribution in [2.24, 2.45) is 5.73 Å². The Balaban J connectivity index is 2.33. The molecule has 0 atom stereocenters. The first kappa shape index (κ1) is 9.06. The van der Waals surface area contributed by atoms with Crippen LogP contribution in [0.25, 0.3) is 10.9 Å². The molecule has 1 aromatic heterocycles. The molecule has 0 unspecified atom stereocenters. The average molecular weight is 269 g/mol. The van der Waals surface area contributed by atoms with E-state index in [1.54, 1.807) is 0 Å². The summed E-state index contributed by atoms with van der Waals surface area (Å²) in [4.78, 5) is 3.23. The first-order valence-corrected chi connectivity index (χ1v) is 5.38. The summed E-state index contributed by atoms with van der Waals surface area (Å²) in [5.41, 5.74) is 7.58. The monoisotopic (exact) mass is 268 g/mol. The Labute approximate surface area is 94.5 Å². The molecule has 1 aliphatic rings. The second-order valence-corrected chi connectivity index (χ2v) is 4.18. The van der Waals surface area contributed by atoms with Crippen molar-refractivity contribution in [1.29, 1.82) is 0 Å². The van der Waals surface area contributed by atoms with Gasteiger partial charge in [0, 0.05) is 23.7 Å². The molecule has 3 rings (SSSR count). The lowest BCUT2D eigenvalue weighted by Gasteiger charge is -2.00. The minimum absolute atomic E-state index is 0.282. The summed E-state index contributed by atoms with van der Waals surface area (Å²) in [5.74, 6) is 1.53. The van der Waals surface area contributed by atoms with E-state index >= 15 is 0 Å². The van der Waals surface area contributed by atoms with Crippen LogP contribution in [0, 0.1) is 0 Å². The number of fused-ring (bicyclic) bond motifs is 2. The van der Waals surface area contributed by atoms with Crippen LogP contribution in [-0.2, 0) is 6.54 Å². The molecular weight excluding hydrogens is 260 g/mol. The van der Waals surface area contributed by atoms with Gasteiger partial charge in [-0.1, -0.05) is 0 Å². The summed E-state index contributed by atoms with van der Waals surface area (Å²) in [6, 6.07) is 3.95. The van der Waals surface area contributed by atoms with E-state index in [4.69, 9.17) is 15.2 Å². The smallest absolute Gasteiger partial charge is 0.231 e. The quantitative estimate of drug-likeness (QED) is 0.833. The Kier molecular flexibility index (Phi) is 1.90. The number of H-pyrrole nitrogens is 1. The zero-order valence-corrected chi connectivity index (χ0v) is 9.43. The Hall–Kier alpha value is -1.20. The van der Waals surface area contributed by atoms with Gasteiger partial charge in [-0.25, -0.2) is 0 Å². The summed E-state index contributed by atoms with van der Waals surface area (Å²) < 4.78 is 11.6. The number of aromatic amines is 1. The third kappa shape index (κ3) is 1.23. The molecule has 4 nitrogen and oxygen atoms in total. The molecular formula is C10H9BrN2O2. The number of aromatic nitrogens is 1. The summed E-state index contributed by atoms with van der Waals surface area (Å²) >= 11 is 3.51. The fourth-order valence-electron chi connectivity index (χ4n) is 1.75. The van der Waals surface area contributed by atoms with Crippen LogP contribution in [0.5, 0.6) is 11.5 Å². The Morgan fingerprint density at radius 1 is 1.40 bits per heavy atom. The summed E-state index contributed by atoms with van der Waals surface area (Å²) in [6.07, 6.45) is 0. The van der Waals surface area contributed by atoms with E-state index in [1.165, 1.54) is 0 Å². The van der Waals surface area contributed by atoms with Gasteiger partial charge in [0.1, 0.15) is 0 Å². The highest BCUT2D eigenvalue weighted by molar-refractivity contribution is 9.10. The Bertz CT molecular complexity index is 536. The van der Waals surface area contributed by atoms with Gasteiger partial charge < -0.3 is 20.2 Å². The lowest BCUT2D eigenvalue weighted by molar-refractivity contribution is 0.173. The lowest BCUT2D eigenvalue weighted by Crippen LogP contribution is -1.95. The molecule has 0 fully saturated rings. The van der Waals surface area contributed by atoms with Gasteiger partial charge >= 0.3 is 0 Å². The minimum atomic E-state index is 0.282. The van der Waals surface area contributed by atoms with Crippen LogP contribution < -0.4 is 15.2 Å². The molecule has 1 aliphatic heterocycles. The highest BCUT2D eigenvalue weighted by atomic mass is 79.9. The number of rotatable bonds is 1. The van der Waals surface area contributed by atoms with E-state index in [0.29, 0.717) is 6.54 Å². The minimum Gasteiger partial charge on any atom is -0.453 e. The van der Waals surface area contributed by atoms with Gasteiger partial charge in [-0.05, 0) is 22.0 Å². The van der Waals surface area contributed by atoms with Crippen LogP contribution in [0.2, 0.25) is 0 Å². The van der Waals surface area contributed by atoms with Gasteiger partial charge in [0.05, 0.1) is 9.99 Å². The molecule has 5 heteroatoms. The molecule has 3 N–H and O–H groups in total. The number of nitrogens with two attached hydrogens (primary N) is 1. The zero-order valence-electron chi connectivity index (χ0n) is 7.84. The molecule has 0 saturated carbocycles. The maximum Gasteiger partial charge on any atom is 0.231 e. The molecule has 0 bridgehead atoms. The van der Waals surface area contributed by atoms with Crippen molar-refractivity contribution >= 4 is 26.8 Å². The predicted molar refractivity (Wildman–Crippen MR) is 60.0 cm³/mol. The largest absolute Gasteiger partial charge is 0.453 e. The first-order chi connectivity index (χ1) is 7.29. The van der Waals surface area contributed by atoms with Gasteiger partial charge in [-0.3, -0.25) is 0 Å². The van der Waals surface area contributed by atoms with Gasteiger partial charge in [0.15, 0.2) is 11.5 Å². The van der Waals surface area contributed by atoms with Crippen molar-refractivity contribution in [1.82, 2.24) is 4.98 Å². The Morgan fingerprint density at radius 2 is 2.27 bits per heavy atom. The highest BCUT2D eigenvalue weighted by Gasteiger charge is 2.20. The van der Waals surface area contributed by atoms with Gasteiger partial charge in [0.25, 0.3) is 0 Å². The van der Waals surface area contributed by atoms with Crippen LogP contribution in [0.3, 0.4) is 0 Å². The third-order valence-corrected chi connectivity index (χ3v) is 3.26. The topological polar surface area (TPSA) is 60.3 Å². The predicted octanol–water partition coefficient (Wildman–Crippen LogP) is 2.12. The molecule has 0 radical (unpaired) electrons. The van der Waals surface area contributed by atoms with Crippen molar-refractivity contribution in [2.75, 3.05) is 6.79 Å². The number of nitrogens with one attached hydrogen (secondary N) is 1. The molecule has 0 aliphatic carbocycles. The normalized spacial score (nSPS) is 13.7. The van der Waals surface area contributed by atoms with E-state index in [-0.39, 0.29) is 6.79 Å². The van der Waals surface area contributed by atoms with Crippen LogP contribution in [0.1, 0.15) is 5.69 Å². The second-order valence-electron chi connectivity index (χ2n) is 3.38. The van der Waals surface area contributed by atoms with Gasteiger partial charge in [-0.2, -0.15) is 0 Å². The molecule has 78 valence electrons. The fraction of sp³-hybridized carbons (Fsp3) is 0.200. The fourth-order valence-corrected chi connectivity index (χ4v) is 2.39. The number of ether oxygens (including phenoxy) is 2. The summed E-state index contributed by atoms with van der Waals surface area (Å²) in [7, 11) is 0. The number of halogens is 1. The second kappa shape index (κ2) is 3.15. The number of hydrogen-bond donors (Lipinski definition) is 2. The van der Waals surface area contributed by atoms with Gasteiger partial charge in [-0.15, -0.1) is 0 Å². The van der Waals surface area contributed by atoms with Gasteiger partial charge in [0.2, 0.25) is 6.79 Å². The molecule has 1 aromatic carbocycles. The first-order valence-electron chi connectivity index (χ1n) is 4.59. The molecule has 2 heterocycles. The maximum absolute atomic E-state index is 5.58. The lowest BCUT2D eigenvalue weighted by atomic mass is 10.2. The van der Waals surface area contributed by atoms with E-state index in [2.05, 4.69) is 20.9 Å². The van der Waals surface area contributed by atoms with Crippen molar-refractivity contribution in [3.8, 4) is 11.5 Å². The van der Waals surface area contributed by atoms with Crippen molar-refractivity contribution < 1.29 is 9.47 Å². The summed E-state index contributed by atoms with van der Waals surface area (Å²) in [5, 5.41) is 1.07. The van der Waals surface area contributed by atoms with Crippen molar-refractivity contribution in [3.63, 3.8) is 0 Å². The van der Waals surface area contributed by atoms with E-state index in [9.17, 15) is 0 Å². The maximum atomic E-state index is 5.58. The molecule has 15 heavy (non-hydrogen) atoms. The number of hydrogen-bond acceptors (Lipinski definition) is 3. The van der Waals surface area contributed by atoms with E-state index in [0.717, 1.165) is 32.6 Å². The molecule has 2 aromatic rings. The van der Waals surface area contributed by atoms with Crippen molar-refractivity contribution in [2.45, 2.75) is 6.54 Å². The van der Waals surface area contributed by atoms with Crippen LogP contribution in [0.15, 0.2) is 16.6 Å². The summed E-state index contributed by atoms with van der Waals surface area (Å²) in [6.45, 7) is 0.776. The van der Waals surface area contributed by atoms with E-state index in [1.807, 2.05) is 12.1 Å². The van der Waals surface area contributed by atoms with Crippen LogP contribution >= 0.6 is 15.9 Å². The zero-order chi connectivity index (χ0) is 10.4.